The second kappa shape index (κ2) is 7.76. The summed E-state index contributed by atoms with van der Waals surface area (Å²) in [4.78, 5) is 11.2. The van der Waals surface area contributed by atoms with E-state index in [1.54, 1.807) is 6.92 Å². The normalized spacial score (nSPS) is 14.9. The number of esters is 1. The van der Waals surface area contributed by atoms with Crippen molar-refractivity contribution in [3.05, 3.63) is 0 Å². The first-order valence-electron chi connectivity index (χ1n) is 5.10. The third-order valence-corrected chi connectivity index (χ3v) is 1.94. The van der Waals surface area contributed by atoms with Crippen LogP contribution in [0.1, 0.15) is 20.8 Å². The Morgan fingerprint density at radius 1 is 1.43 bits per heavy atom. The summed E-state index contributed by atoms with van der Waals surface area (Å²) in [7, 11) is 0. The lowest BCUT2D eigenvalue weighted by Crippen LogP contribution is -2.31. The third kappa shape index (κ3) is 5.94. The molecular formula is C10H21NO3. The molecule has 0 rings (SSSR count). The number of aliphatic hydroxyl groups is 1. The zero-order valence-electron chi connectivity index (χ0n) is 9.25. The molecule has 2 unspecified atom stereocenters. The van der Waals surface area contributed by atoms with Crippen LogP contribution in [-0.4, -0.2) is 37.4 Å². The molecule has 0 aliphatic heterocycles. The number of hydrogen-bond donors (Lipinski definition) is 2. The molecule has 0 fully saturated rings. The Labute approximate surface area is 85.6 Å². The summed E-state index contributed by atoms with van der Waals surface area (Å²) >= 11 is 0. The number of nitrogens with one attached hydrogen (secondary N) is 1. The van der Waals surface area contributed by atoms with Crippen LogP contribution in [0.4, 0.5) is 0 Å². The van der Waals surface area contributed by atoms with Crippen molar-refractivity contribution < 1.29 is 14.6 Å². The molecule has 84 valence electrons. The van der Waals surface area contributed by atoms with Crippen molar-refractivity contribution in [2.45, 2.75) is 20.8 Å². The quantitative estimate of drug-likeness (QED) is 0.588. The molecule has 0 aromatic carbocycles. The molecular weight excluding hydrogens is 182 g/mol. The first-order chi connectivity index (χ1) is 6.61. The third-order valence-electron chi connectivity index (χ3n) is 1.94. The Morgan fingerprint density at radius 3 is 2.57 bits per heavy atom. The Bertz CT molecular complexity index is 161. The molecule has 0 saturated carbocycles. The van der Waals surface area contributed by atoms with Crippen LogP contribution in [0.2, 0.25) is 0 Å². The highest BCUT2D eigenvalue weighted by atomic mass is 16.5. The van der Waals surface area contributed by atoms with Crippen LogP contribution in [0, 0.1) is 11.8 Å². The second-order valence-corrected chi connectivity index (χ2v) is 3.60. The molecule has 0 bridgehead atoms. The molecule has 2 atom stereocenters. The summed E-state index contributed by atoms with van der Waals surface area (Å²) in [6.45, 7) is 7.49. The average molecular weight is 203 g/mol. The molecule has 0 amide bonds. The fourth-order valence-electron chi connectivity index (χ4n) is 0.979. The highest BCUT2D eigenvalue weighted by molar-refractivity contribution is 5.72. The number of carbonyl (C=O) groups is 1. The molecule has 2 N–H and O–H groups in total. The first-order valence-corrected chi connectivity index (χ1v) is 5.10. The van der Waals surface area contributed by atoms with Crippen molar-refractivity contribution in [2.75, 3.05) is 26.3 Å². The van der Waals surface area contributed by atoms with Gasteiger partial charge in [-0.2, -0.15) is 0 Å². The molecule has 0 aliphatic rings. The van der Waals surface area contributed by atoms with Gasteiger partial charge in [-0.05, 0) is 19.4 Å². The zero-order chi connectivity index (χ0) is 11.0. The largest absolute Gasteiger partial charge is 0.466 e. The van der Waals surface area contributed by atoms with Gasteiger partial charge in [-0.15, -0.1) is 0 Å². The van der Waals surface area contributed by atoms with Gasteiger partial charge in [0, 0.05) is 13.2 Å². The summed E-state index contributed by atoms with van der Waals surface area (Å²) in [5, 5.41) is 11.9. The number of carbonyl (C=O) groups excluding carboxylic acids is 1. The van der Waals surface area contributed by atoms with Gasteiger partial charge in [-0.25, -0.2) is 0 Å². The fraction of sp³-hybridized carbons (Fsp3) is 0.900. The van der Waals surface area contributed by atoms with E-state index >= 15 is 0 Å². The van der Waals surface area contributed by atoms with Gasteiger partial charge in [-0.3, -0.25) is 4.79 Å². The minimum absolute atomic E-state index is 0.124. The van der Waals surface area contributed by atoms with E-state index in [4.69, 9.17) is 9.84 Å². The van der Waals surface area contributed by atoms with E-state index in [1.807, 2.05) is 13.8 Å². The lowest BCUT2D eigenvalue weighted by atomic mass is 10.1. The molecule has 0 saturated heterocycles. The topological polar surface area (TPSA) is 58.6 Å². The van der Waals surface area contributed by atoms with E-state index in [0.29, 0.717) is 13.2 Å². The number of aliphatic hydroxyl groups excluding tert-OH is 1. The van der Waals surface area contributed by atoms with Crippen molar-refractivity contribution in [1.29, 1.82) is 0 Å². The summed E-state index contributed by atoms with van der Waals surface area (Å²) in [5.74, 6) is -0.0677. The molecule has 4 heteroatoms. The second-order valence-electron chi connectivity index (χ2n) is 3.60. The summed E-state index contributed by atoms with van der Waals surface area (Å²) in [6, 6.07) is 0. The summed E-state index contributed by atoms with van der Waals surface area (Å²) in [6.07, 6.45) is 0. The number of rotatable bonds is 7. The zero-order valence-corrected chi connectivity index (χ0v) is 9.25. The van der Waals surface area contributed by atoms with Crippen molar-refractivity contribution in [1.82, 2.24) is 5.32 Å². The van der Waals surface area contributed by atoms with Gasteiger partial charge in [-0.1, -0.05) is 13.8 Å². The van der Waals surface area contributed by atoms with Crippen LogP contribution in [0.3, 0.4) is 0 Å². The summed E-state index contributed by atoms with van der Waals surface area (Å²) in [5.41, 5.74) is 0. The first kappa shape index (κ1) is 13.4. The molecule has 4 nitrogen and oxygen atoms in total. The lowest BCUT2D eigenvalue weighted by molar-refractivity contribution is -0.147. The van der Waals surface area contributed by atoms with Gasteiger partial charge >= 0.3 is 5.97 Å². The van der Waals surface area contributed by atoms with Crippen LogP contribution < -0.4 is 5.32 Å². The lowest BCUT2D eigenvalue weighted by Gasteiger charge is -2.13. The number of hydrogen-bond acceptors (Lipinski definition) is 4. The van der Waals surface area contributed by atoms with E-state index in [2.05, 4.69) is 5.32 Å². The number of ether oxygens (including phenoxy) is 1. The van der Waals surface area contributed by atoms with Gasteiger partial charge in [0.2, 0.25) is 0 Å². The summed E-state index contributed by atoms with van der Waals surface area (Å²) < 4.78 is 4.86. The molecule has 0 aromatic rings. The van der Waals surface area contributed by atoms with Crippen molar-refractivity contribution in [2.24, 2.45) is 11.8 Å². The fourth-order valence-corrected chi connectivity index (χ4v) is 0.979. The van der Waals surface area contributed by atoms with Gasteiger partial charge in [0.15, 0.2) is 0 Å². The predicted molar refractivity (Wildman–Crippen MR) is 54.9 cm³/mol. The van der Waals surface area contributed by atoms with Crippen LogP contribution in [0.5, 0.6) is 0 Å². The molecule has 0 spiro atoms. The Morgan fingerprint density at radius 2 is 2.07 bits per heavy atom. The van der Waals surface area contributed by atoms with E-state index in [0.717, 1.165) is 6.54 Å². The molecule has 0 radical (unpaired) electrons. The van der Waals surface area contributed by atoms with Crippen molar-refractivity contribution >= 4 is 5.97 Å². The predicted octanol–water partition coefficient (Wildman–Crippen LogP) is 0.404. The molecule has 14 heavy (non-hydrogen) atoms. The monoisotopic (exact) mass is 203 g/mol. The van der Waals surface area contributed by atoms with Crippen molar-refractivity contribution in [3.63, 3.8) is 0 Å². The van der Waals surface area contributed by atoms with Gasteiger partial charge in [0.05, 0.1) is 12.5 Å². The van der Waals surface area contributed by atoms with E-state index in [1.165, 1.54) is 0 Å². The minimum atomic E-state index is -0.170. The van der Waals surface area contributed by atoms with Gasteiger partial charge in [0.25, 0.3) is 0 Å². The Balaban J connectivity index is 3.52. The van der Waals surface area contributed by atoms with E-state index < -0.39 is 0 Å². The highest BCUT2D eigenvalue weighted by Gasteiger charge is 2.13. The molecule has 0 heterocycles. The Hall–Kier alpha value is -0.610. The molecule has 0 aromatic heterocycles. The van der Waals surface area contributed by atoms with Crippen molar-refractivity contribution in [3.8, 4) is 0 Å². The maximum Gasteiger partial charge on any atom is 0.309 e. The molecule has 0 aliphatic carbocycles. The maximum absolute atomic E-state index is 11.2. The van der Waals surface area contributed by atoms with Gasteiger partial charge < -0.3 is 15.2 Å². The Kier molecular flexibility index (Phi) is 7.42. The minimum Gasteiger partial charge on any atom is -0.466 e. The SMILES string of the molecule is CCOC(=O)C(C)CNCC(C)CO. The van der Waals surface area contributed by atoms with Crippen LogP contribution in [0.15, 0.2) is 0 Å². The van der Waals surface area contributed by atoms with Crippen LogP contribution >= 0.6 is 0 Å². The average Bonchev–Trinajstić information content (AvgIpc) is 2.17. The van der Waals surface area contributed by atoms with E-state index in [9.17, 15) is 4.79 Å². The van der Waals surface area contributed by atoms with Crippen LogP contribution in [-0.2, 0) is 9.53 Å². The standard InChI is InChI=1S/C10H21NO3/c1-4-14-10(13)9(3)6-11-5-8(2)7-12/h8-9,11-12H,4-7H2,1-3H3. The maximum atomic E-state index is 11.2. The van der Waals surface area contributed by atoms with Crippen LogP contribution in [0.25, 0.3) is 0 Å². The highest BCUT2D eigenvalue weighted by Crippen LogP contribution is 1.97. The van der Waals surface area contributed by atoms with E-state index in [-0.39, 0.29) is 24.4 Å². The smallest absolute Gasteiger partial charge is 0.309 e. The van der Waals surface area contributed by atoms with Gasteiger partial charge in [0.1, 0.15) is 0 Å².